The highest BCUT2D eigenvalue weighted by molar-refractivity contribution is 7.89. The third-order valence-corrected chi connectivity index (χ3v) is 5.19. The van der Waals surface area contributed by atoms with E-state index in [1.165, 1.54) is 0 Å². The van der Waals surface area contributed by atoms with E-state index in [9.17, 15) is 8.42 Å². The van der Waals surface area contributed by atoms with E-state index in [0.29, 0.717) is 18.0 Å². The van der Waals surface area contributed by atoms with Crippen molar-refractivity contribution < 1.29 is 8.42 Å². The van der Waals surface area contributed by atoms with Crippen molar-refractivity contribution in [1.29, 1.82) is 0 Å². The fourth-order valence-corrected chi connectivity index (χ4v) is 3.70. The summed E-state index contributed by atoms with van der Waals surface area (Å²) < 4.78 is 26.7. The molecule has 0 heterocycles. The minimum atomic E-state index is -3.34. The molecule has 0 aliphatic heterocycles. The van der Waals surface area contributed by atoms with E-state index < -0.39 is 10.0 Å². The minimum absolute atomic E-state index is 0.445. The average molecular weight is 269 g/mol. The highest BCUT2D eigenvalue weighted by Crippen LogP contribution is 2.21. The zero-order valence-corrected chi connectivity index (χ0v) is 12.5. The van der Waals surface area contributed by atoms with Gasteiger partial charge >= 0.3 is 0 Å². The number of nitrogens with zero attached hydrogens (tertiary/aromatic N) is 1. The molecule has 0 aliphatic rings. The maximum Gasteiger partial charge on any atom is 0.243 e. The Morgan fingerprint density at radius 2 is 1.83 bits per heavy atom. The molecule has 0 radical (unpaired) electrons. The van der Waals surface area contributed by atoms with Crippen LogP contribution in [0.4, 0.5) is 0 Å². The highest BCUT2D eigenvalue weighted by atomic mass is 32.2. The lowest BCUT2D eigenvalue weighted by Crippen LogP contribution is -2.32. The predicted molar refractivity (Wildman–Crippen MR) is 75.3 cm³/mol. The van der Waals surface area contributed by atoms with Crippen molar-refractivity contribution in [3.63, 3.8) is 0 Å². The number of benzene rings is 1. The first-order valence-corrected chi connectivity index (χ1v) is 7.94. The van der Waals surface area contributed by atoms with Gasteiger partial charge < -0.3 is 0 Å². The van der Waals surface area contributed by atoms with Crippen molar-refractivity contribution in [2.45, 2.75) is 45.4 Å². The number of sulfonamides is 1. The van der Waals surface area contributed by atoms with E-state index in [-0.39, 0.29) is 0 Å². The molecular weight excluding hydrogens is 246 g/mol. The average Bonchev–Trinajstić information content (AvgIpc) is 2.33. The summed E-state index contributed by atoms with van der Waals surface area (Å²) in [4.78, 5) is 0.445. The molecule has 3 nitrogen and oxygen atoms in total. The second-order valence-electron chi connectivity index (χ2n) is 4.62. The van der Waals surface area contributed by atoms with Gasteiger partial charge in [-0.3, -0.25) is 0 Å². The number of unbranched alkanes of at least 4 members (excludes halogenated alkanes) is 1. The fraction of sp³-hybridized carbons (Fsp3) is 0.571. The van der Waals surface area contributed by atoms with Crippen LogP contribution in [0.15, 0.2) is 23.1 Å². The monoisotopic (exact) mass is 269 g/mol. The largest absolute Gasteiger partial charge is 0.243 e. The molecule has 1 aromatic carbocycles. The van der Waals surface area contributed by atoms with Crippen LogP contribution in [0.25, 0.3) is 0 Å². The quantitative estimate of drug-likeness (QED) is 0.795. The number of rotatable bonds is 6. The summed E-state index contributed by atoms with van der Waals surface area (Å²) in [6, 6.07) is 5.58. The first-order chi connectivity index (χ1) is 8.43. The maximum absolute atomic E-state index is 12.6. The van der Waals surface area contributed by atoms with E-state index >= 15 is 0 Å². The molecule has 0 spiro atoms. The molecule has 4 heteroatoms. The number of hydrogen-bond acceptors (Lipinski definition) is 2. The molecule has 102 valence electrons. The number of hydrogen-bond donors (Lipinski definition) is 0. The zero-order chi connectivity index (χ0) is 13.8. The first kappa shape index (κ1) is 15.2. The van der Waals surface area contributed by atoms with Crippen molar-refractivity contribution in [2.75, 3.05) is 13.1 Å². The van der Waals surface area contributed by atoms with Crippen LogP contribution in [-0.4, -0.2) is 25.8 Å². The molecule has 0 aliphatic carbocycles. The smallest absolute Gasteiger partial charge is 0.207 e. The van der Waals surface area contributed by atoms with Crippen LogP contribution < -0.4 is 0 Å². The Bertz CT molecular complexity index is 495. The molecule has 0 N–H and O–H groups in total. The third kappa shape index (κ3) is 3.33. The van der Waals surface area contributed by atoms with Crippen molar-refractivity contribution in [2.24, 2.45) is 0 Å². The Balaban J connectivity index is 3.14. The Morgan fingerprint density at radius 1 is 1.17 bits per heavy atom. The van der Waals surface area contributed by atoms with Crippen molar-refractivity contribution >= 4 is 10.0 Å². The summed E-state index contributed by atoms with van der Waals surface area (Å²) in [5, 5.41) is 0. The summed E-state index contributed by atoms with van der Waals surface area (Å²) in [5.74, 6) is 0. The Labute approximate surface area is 111 Å². The van der Waals surface area contributed by atoms with Gasteiger partial charge in [-0.1, -0.05) is 32.4 Å². The van der Waals surface area contributed by atoms with E-state index in [2.05, 4.69) is 6.92 Å². The van der Waals surface area contributed by atoms with Crippen LogP contribution in [-0.2, 0) is 10.0 Å². The van der Waals surface area contributed by atoms with Gasteiger partial charge in [0, 0.05) is 13.1 Å². The van der Waals surface area contributed by atoms with Crippen molar-refractivity contribution in [3.8, 4) is 0 Å². The minimum Gasteiger partial charge on any atom is -0.207 e. The van der Waals surface area contributed by atoms with Crippen LogP contribution >= 0.6 is 0 Å². The standard InChI is InChI=1S/C14H23NO2S/c1-5-7-10-15(6-2)18(16,17)14-11-12(3)8-9-13(14)4/h8-9,11H,5-7,10H2,1-4H3. The Hall–Kier alpha value is -0.870. The molecular formula is C14H23NO2S. The maximum atomic E-state index is 12.6. The second kappa shape index (κ2) is 6.34. The molecule has 0 unspecified atom stereocenters. The van der Waals surface area contributed by atoms with Crippen molar-refractivity contribution in [1.82, 2.24) is 4.31 Å². The van der Waals surface area contributed by atoms with Crippen LogP contribution in [0, 0.1) is 13.8 Å². The molecule has 18 heavy (non-hydrogen) atoms. The summed E-state index contributed by atoms with van der Waals surface area (Å²) in [6.45, 7) is 8.84. The van der Waals surface area contributed by atoms with Gasteiger partial charge in [-0.15, -0.1) is 0 Å². The molecule has 0 bridgehead atoms. The molecule has 0 fully saturated rings. The van der Waals surface area contributed by atoms with Gasteiger partial charge in [0.15, 0.2) is 0 Å². The second-order valence-corrected chi connectivity index (χ2v) is 6.53. The first-order valence-electron chi connectivity index (χ1n) is 6.50. The van der Waals surface area contributed by atoms with Gasteiger partial charge in [-0.2, -0.15) is 4.31 Å². The molecule has 0 saturated heterocycles. The molecule has 1 rings (SSSR count). The van der Waals surface area contributed by atoms with Crippen LogP contribution in [0.2, 0.25) is 0 Å². The SMILES string of the molecule is CCCCN(CC)S(=O)(=O)c1cc(C)ccc1C. The van der Waals surface area contributed by atoms with E-state index in [4.69, 9.17) is 0 Å². The van der Waals surface area contributed by atoms with Crippen LogP contribution in [0.5, 0.6) is 0 Å². The van der Waals surface area contributed by atoms with E-state index in [0.717, 1.165) is 24.0 Å². The van der Waals surface area contributed by atoms with Crippen LogP contribution in [0.3, 0.4) is 0 Å². The zero-order valence-electron chi connectivity index (χ0n) is 11.7. The lowest BCUT2D eigenvalue weighted by Gasteiger charge is -2.21. The molecule has 0 amide bonds. The van der Waals surface area contributed by atoms with Gasteiger partial charge in [0.25, 0.3) is 0 Å². The van der Waals surface area contributed by atoms with E-state index in [1.54, 1.807) is 10.4 Å². The summed E-state index contributed by atoms with van der Waals surface area (Å²) in [5.41, 5.74) is 1.79. The predicted octanol–water partition coefficient (Wildman–Crippen LogP) is 3.11. The summed E-state index contributed by atoms with van der Waals surface area (Å²) >= 11 is 0. The van der Waals surface area contributed by atoms with E-state index in [1.807, 2.05) is 32.9 Å². The fourth-order valence-electron chi connectivity index (χ4n) is 1.91. The summed E-state index contributed by atoms with van der Waals surface area (Å²) in [7, 11) is -3.34. The molecule has 0 atom stereocenters. The molecule has 0 saturated carbocycles. The van der Waals surface area contributed by atoms with Gasteiger partial charge in [0.1, 0.15) is 0 Å². The molecule has 0 aromatic heterocycles. The number of aryl methyl sites for hydroxylation is 2. The Kier molecular flexibility index (Phi) is 5.35. The van der Waals surface area contributed by atoms with Gasteiger partial charge in [-0.05, 0) is 37.5 Å². The summed E-state index contributed by atoms with van der Waals surface area (Å²) in [6.07, 6.45) is 1.90. The normalized spacial score (nSPS) is 12.1. The third-order valence-electron chi connectivity index (χ3n) is 3.08. The highest BCUT2D eigenvalue weighted by Gasteiger charge is 2.24. The van der Waals surface area contributed by atoms with Gasteiger partial charge in [-0.25, -0.2) is 8.42 Å². The Morgan fingerprint density at radius 3 is 2.39 bits per heavy atom. The van der Waals surface area contributed by atoms with Gasteiger partial charge in [0.2, 0.25) is 10.0 Å². The van der Waals surface area contributed by atoms with Gasteiger partial charge in [0.05, 0.1) is 4.90 Å². The lowest BCUT2D eigenvalue weighted by atomic mass is 10.2. The topological polar surface area (TPSA) is 37.4 Å². The lowest BCUT2D eigenvalue weighted by molar-refractivity contribution is 0.418. The molecule has 1 aromatic rings. The van der Waals surface area contributed by atoms with Crippen molar-refractivity contribution in [3.05, 3.63) is 29.3 Å². The van der Waals surface area contributed by atoms with Crippen LogP contribution in [0.1, 0.15) is 37.8 Å².